The number of thiophene rings is 1. The monoisotopic (exact) mass is 384 g/mol. The summed E-state index contributed by atoms with van der Waals surface area (Å²) in [4.78, 5) is 16.8. The molecule has 0 bridgehead atoms. The highest BCUT2D eigenvalue weighted by molar-refractivity contribution is 7.14. The number of nitrogens with zero attached hydrogens (tertiary/aromatic N) is 1. The molecular weight excluding hydrogens is 364 g/mol. The summed E-state index contributed by atoms with van der Waals surface area (Å²) in [5.74, 6) is 0.812. The Labute approximate surface area is 160 Å². The fraction of sp³-hybridized carbons (Fsp3) is 0.300. The third-order valence-corrected chi connectivity index (χ3v) is 6.03. The molecular formula is C20H20N2O2S2. The molecule has 1 saturated carbocycles. The Bertz CT molecular complexity index is 850. The van der Waals surface area contributed by atoms with Crippen LogP contribution in [-0.2, 0) is 11.2 Å². The first-order valence-electron chi connectivity index (χ1n) is 8.80. The molecule has 2 aromatic heterocycles. The van der Waals surface area contributed by atoms with Crippen molar-refractivity contribution in [2.75, 3.05) is 5.32 Å². The van der Waals surface area contributed by atoms with Crippen molar-refractivity contribution in [3.63, 3.8) is 0 Å². The van der Waals surface area contributed by atoms with Gasteiger partial charge >= 0.3 is 0 Å². The van der Waals surface area contributed by atoms with Crippen molar-refractivity contribution < 1.29 is 9.53 Å². The van der Waals surface area contributed by atoms with Crippen LogP contribution in [0.1, 0.15) is 31.4 Å². The third kappa shape index (κ3) is 4.31. The zero-order chi connectivity index (χ0) is 17.8. The van der Waals surface area contributed by atoms with E-state index >= 15 is 0 Å². The molecule has 1 aliphatic rings. The number of anilines is 1. The maximum atomic E-state index is 12.3. The summed E-state index contributed by atoms with van der Waals surface area (Å²) >= 11 is 3.22. The van der Waals surface area contributed by atoms with Crippen molar-refractivity contribution in [3.05, 3.63) is 52.2 Å². The van der Waals surface area contributed by atoms with Gasteiger partial charge in [0.25, 0.3) is 0 Å². The van der Waals surface area contributed by atoms with Crippen LogP contribution in [0.5, 0.6) is 5.75 Å². The number of rotatable bonds is 6. The van der Waals surface area contributed by atoms with E-state index in [-0.39, 0.29) is 12.3 Å². The molecule has 0 spiro atoms. The van der Waals surface area contributed by atoms with Gasteiger partial charge in [-0.2, -0.15) is 11.3 Å². The third-order valence-electron chi connectivity index (χ3n) is 4.40. The highest BCUT2D eigenvalue weighted by Gasteiger charge is 2.16. The molecule has 1 amide bonds. The normalized spacial score (nSPS) is 14.5. The molecule has 1 aromatic carbocycles. The van der Waals surface area contributed by atoms with Crippen LogP contribution < -0.4 is 10.1 Å². The van der Waals surface area contributed by atoms with Crippen LogP contribution in [0.15, 0.2) is 46.5 Å². The second-order valence-electron chi connectivity index (χ2n) is 6.43. The first-order chi connectivity index (χ1) is 12.8. The number of thiazole rings is 1. The van der Waals surface area contributed by atoms with Crippen molar-refractivity contribution in [1.82, 2.24) is 4.98 Å². The van der Waals surface area contributed by atoms with E-state index in [9.17, 15) is 4.79 Å². The SMILES string of the molecule is O=C(Cc1csc(-c2ccsc2)n1)Nc1ccc(OC2CCCC2)cc1. The van der Waals surface area contributed by atoms with E-state index in [1.54, 1.807) is 22.7 Å². The molecule has 0 unspecified atom stereocenters. The summed E-state index contributed by atoms with van der Waals surface area (Å²) in [6.45, 7) is 0. The topological polar surface area (TPSA) is 51.2 Å². The van der Waals surface area contributed by atoms with Crippen LogP contribution in [0.3, 0.4) is 0 Å². The van der Waals surface area contributed by atoms with Crippen molar-refractivity contribution in [3.8, 4) is 16.3 Å². The van der Waals surface area contributed by atoms with Gasteiger partial charge in [-0.05, 0) is 61.4 Å². The lowest BCUT2D eigenvalue weighted by molar-refractivity contribution is -0.115. The minimum atomic E-state index is -0.0587. The van der Waals surface area contributed by atoms with E-state index in [0.29, 0.717) is 6.10 Å². The second kappa shape index (κ2) is 8.01. The summed E-state index contributed by atoms with van der Waals surface area (Å²) in [6, 6.07) is 9.67. The van der Waals surface area contributed by atoms with Gasteiger partial charge in [-0.15, -0.1) is 11.3 Å². The molecule has 0 atom stereocenters. The number of aromatic nitrogens is 1. The summed E-state index contributed by atoms with van der Waals surface area (Å²) in [7, 11) is 0. The standard InChI is InChI=1S/C20H20N2O2S2/c23-19(11-16-13-26-20(22-16)14-9-10-25-12-14)21-15-5-7-18(8-6-15)24-17-3-1-2-4-17/h5-10,12-13,17H,1-4,11H2,(H,21,23). The summed E-state index contributed by atoms with van der Waals surface area (Å²) < 4.78 is 5.95. The molecule has 1 N–H and O–H groups in total. The van der Waals surface area contributed by atoms with Gasteiger partial charge in [-0.25, -0.2) is 4.98 Å². The Hall–Kier alpha value is -2.18. The average molecular weight is 385 g/mol. The first-order valence-corrected chi connectivity index (χ1v) is 10.6. The number of carbonyl (C=O) groups is 1. The van der Waals surface area contributed by atoms with Crippen molar-refractivity contribution in [2.45, 2.75) is 38.2 Å². The Kier molecular flexibility index (Phi) is 5.32. The van der Waals surface area contributed by atoms with Gasteiger partial charge in [0.1, 0.15) is 10.8 Å². The predicted molar refractivity (Wildman–Crippen MR) is 107 cm³/mol. The Morgan fingerprint density at radius 2 is 1.96 bits per heavy atom. The van der Waals surface area contributed by atoms with Crippen LogP contribution in [0.2, 0.25) is 0 Å². The minimum absolute atomic E-state index is 0.0587. The number of amides is 1. The fourth-order valence-corrected chi connectivity index (χ4v) is 4.62. The average Bonchev–Trinajstić information content (AvgIpc) is 3.38. The molecule has 2 heterocycles. The van der Waals surface area contributed by atoms with Gasteiger partial charge < -0.3 is 10.1 Å². The predicted octanol–water partition coefficient (Wildman–Crippen LogP) is 5.37. The summed E-state index contributed by atoms with van der Waals surface area (Å²) in [6.07, 6.45) is 5.41. The lowest BCUT2D eigenvalue weighted by atomic mass is 10.2. The Balaban J connectivity index is 1.31. The number of carbonyl (C=O) groups excluding carboxylic acids is 1. The van der Waals surface area contributed by atoms with E-state index in [2.05, 4.69) is 15.7 Å². The molecule has 1 aliphatic carbocycles. The van der Waals surface area contributed by atoms with Gasteiger partial charge in [-0.1, -0.05) is 0 Å². The quantitative estimate of drug-likeness (QED) is 0.621. The van der Waals surface area contributed by atoms with E-state index in [0.717, 1.165) is 40.5 Å². The number of nitrogens with one attached hydrogen (secondary N) is 1. The first kappa shape index (κ1) is 17.2. The zero-order valence-electron chi connectivity index (χ0n) is 14.3. The van der Waals surface area contributed by atoms with Crippen LogP contribution >= 0.6 is 22.7 Å². The number of hydrogen-bond acceptors (Lipinski definition) is 5. The van der Waals surface area contributed by atoms with Gasteiger partial charge in [0.2, 0.25) is 5.91 Å². The second-order valence-corrected chi connectivity index (χ2v) is 8.07. The molecule has 0 aliphatic heterocycles. The van der Waals surface area contributed by atoms with Gasteiger partial charge in [0.15, 0.2) is 0 Å². The summed E-state index contributed by atoms with van der Waals surface area (Å²) in [5, 5.41) is 9.94. The van der Waals surface area contributed by atoms with Crippen LogP contribution in [0.25, 0.3) is 10.6 Å². The molecule has 134 valence electrons. The van der Waals surface area contributed by atoms with Crippen molar-refractivity contribution >= 4 is 34.3 Å². The summed E-state index contributed by atoms with van der Waals surface area (Å²) in [5.41, 5.74) is 2.70. The Morgan fingerprint density at radius 1 is 1.15 bits per heavy atom. The van der Waals surface area contributed by atoms with E-state index in [1.807, 2.05) is 41.1 Å². The van der Waals surface area contributed by atoms with Crippen LogP contribution in [-0.4, -0.2) is 17.0 Å². The molecule has 0 saturated heterocycles. The number of ether oxygens (including phenoxy) is 1. The number of benzene rings is 1. The molecule has 1 fully saturated rings. The van der Waals surface area contributed by atoms with E-state index in [4.69, 9.17) is 4.74 Å². The molecule has 3 aromatic rings. The van der Waals surface area contributed by atoms with E-state index < -0.39 is 0 Å². The Morgan fingerprint density at radius 3 is 2.69 bits per heavy atom. The molecule has 0 radical (unpaired) electrons. The fourth-order valence-electron chi connectivity index (χ4n) is 3.09. The van der Waals surface area contributed by atoms with Crippen LogP contribution in [0, 0.1) is 0 Å². The van der Waals surface area contributed by atoms with Crippen LogP contribution in [0.4, 0.5) is 5.69 Å². The smallest absolute Gasteiger partial charge is 0.230 e. The van der Waals surface area contributed by atoms with Gasteiger partial charge in [-0.3, -0.25) is 4.79 Å². The lowest BCUT2D eigenvalue weighted by Gasteiger charge is -2.13. The minimum Gasteiger partial charge on any atom is -0.490 e. The molecule has 26 heavy (non-hydrogen) atoms. The zero-order valence-corrected chi connectivity index (χ0v) is 15.9. The van der Waals surface area contributed by atoms with Crippen molar-refractivity contribution in [1.29, 1.82) is 0 Å². The molecule has 4 rings (SSSR count). The molecule has 6 heteroatoms. The largest absolute Gasteiger partial charge is 0.490 e. The number of hydrogen-bond donors (Lipinski definition) is 1. The van der Waals surface area contributed by atoms with E-state index in [1.165, 1.54) is 12.8 Å². The highest BCUT2D eigenvalue weighted by atomic mass is 32.1. The maximum Gasteiger partial charge on any atom is 0.230 e. The maximum absolute atomic E-state index is 12.3. The van der Waals surface area contributed by atoms with Gasteiger partial charge in [0.05, 0.1) is 18.2 Å². The van der Waals surface area contributed by atoms with Crippen molar-refractivity contribution in [2.24, 2.45) is 0 Å². The van der Waals surface area contributed by atoms with Gasteiger partial charge in [0, 0.05) is 22.0 Å². The highest BCUT2D eigenvalue weighted by Crippen LogP contribution is 2.27. The lowest BCUT2D eigenvalue weighted by Crippen LogP contribution is -2.14. The molecule has 4 nitrogen and oxygen atoms in total.